The fourth-order valence-electron chi connectivity index (χ4n) is 2.51. The van der Waals surface area contributed by atoms with Gasteiger partial charge in [-0.2, -0.15) is 5.10 Å². The molecular weight excluding hydrogens is 228 g/mol. The fraction of sp³-hybridized carbons (Fsp3) is 0.846. The van der Waals surface area contributed by atoms with Gasteiger partial charge in [0, 0.05) is 25.6 Å². The molecule has 2 heterocycles. The van der Waals surface area contributed by atoms with E-state index in [2.05, 4.69) is 23.9 Å². The molecule has 2 atom stereocenters. The molecule has 1 aromatic rings. The van der Waals surface area contributed by atoms with Gasteiger partial charge in [-0.15, -0.1) is 0 Å². The molecular formula is C13H24N4O. The molecule has 0 bridgehead atoms. The van der Waals surface area contributed by atoms with Crippen molar-refractivity contribution in [3.8, 4) is 0 Å². The number of nitrogens with two attached hydrogens (primary N) is 1. The lowest BCUT2D eigenvalue weighted by atomic mass is 9.87. The highest BCUT2D eigenvalue weighted by Gasteiger charge is 2.35. The van der Waals surface area contributed by atoms with E-state index in [0.717, 1.165) is 44.7 Å². The minimum atomic E-state index is -0.207. The highest BCUT2D eigenvalue weighted by molar-refractivity contribution is 4.97. The van der Waals surface area contributed by atoms with Crippen LogP contribution in [0.3, 0.4) is 0 Å². The van der Waals surface area contributed by atoms with E-state index in [1.165, 1.54) is 6.42 Å². The molecule has 1 aliphatic heterocycles. The zero-order chi connectivity index (χ0) is 13.0. The summed E-state index contributed by atoms with van der Waals surface area (Å²) in [5.74, 6) is 0.972. The van der Waals surface area contributed by atoms with Crippen molar-refractivity contribution in [3.05, 3.63) is 12.2 Å². The molecule has 0 aromatic carbocycles. The number of aromatic nitrogens is 3. The summed E-state index contributed by atoms with van der Waals surface area (Å²) in [6, 6.07) is -0.0161. The van der Waals surface area contributed by atoms with Gasteiger partial charge in [-0.05, 0) is 32.6 Å². The van der Waals surface area contributed by atoms with Crippen LogP contribution in [0.5, 0.6) is 0 Å². The summed E-state index contributed by atoms with van der Waals surface area (Å²) < 4.78 is 7.84. The van der Waals surface area contributed by atoms with E-state index in [0.29, 0.717) is 0 Å². The quantitative estimate of drug-likeness (QED) is 0.862. The largest absolute Gasteiger partial charge is 0.374 e. The SMILES string of the molecule is CCCn1ncnc1CC(N)C1(C)CCCCO1. The minimum Gasteiger partial charge on any atom is -0.374 e. The third-order valence-corrected chi connectivity index (χ3v) is 3.82. The van der Waals surface area contributed by atoms with E-state index in [1.54, 1.807) is 6.33 Å². The molecule has 5 heteroatoms. The molecule has 5 nitrogen and oxygen atoms in total. The van der Waals surface area contributed by atoms with E-state index in [1.807, 2.05) is 4.68 Å². The zero-order valence-electron chi connectivity index (χ0n) is 11.4. The van der Waals surface area contributed by atoms with Crippen LogP contribution in [-0.4, -0.2) is 33.0 Å². The summed E-state index contributed by atoms with van der Waals surface area (Å²) in [6.07, 6.45) is 6.79. The highest BCUT2D eigenvalue weighted by Crippen LogP contribution is 2.28. The Morgan fingerprint density at radius 3 is 3.06 bits per heavy atom. The fourth-order valence-corrected chi connectivity index (χ4v) is 2.51. The monoisotopic (exact) mass is 252 g/mol. The first-order valence-corrected chi connectivity index (χ1v) is 6.92. The van der Waals surface area contributed by atoms with Crippen molar-refractivity contribution in [2.24, 2.45) is 5.73 Å². The second-order valence-electron chi connectivity index (χ2n) is 5.33. The number of hydrogen-bond donors (Lipinski definition) is 1. The molecule has 1 saturated heterocycles. The standard InChI is InChI=1S/C13H24N4O/c1-3-7-17-12(15-10-16-17)9-11(14)13(2)6-4-5-8-18-13/h10-11H,3-9,14H2,1-2H3. The van der Waals surface area contributed by atoms with Gasteiger partial charge in [0.15, 0.2) is 0 Å². The third-order valence-electron chi connectivity index (χ3n) is 3.82. The summed E-state index contributed by atoms with van der Waals surface area (Å²) in [4.78, 5) is 4.32. The average molecular weight is 252 g/mol. The number of ether oxygens (including phenoxy) is 1. The number of nitrogens with zero attached hydrogens (tertiary/aromatic N) is 3. The second kappa shape index (κ2) is 5.80. The van der Waals surface area contributed by atoms with E-state index >= 15 is 0 Å². The lowest BCUT2D eigenvalue weighted by Gasteiger charge is -2.38. The Morgan fingerprint density at radius 2 is 2.39 bits per heavy atom. The summed E-state index contributed by atoms with van der Waals surface area (Å²) in [7, 11) is 0. The van der Waals surface area contributed by atoms with Crippen LogP contribution in [-0.2, 0) is 17.7 Å². The molecule has 1 aromatic heterocycles. The van der Waals surface area contributed by atoms with Crippen LogP contribution in [0, 0.1) is 0 Å². The Bertz CT molecular complexity index is 371. The molecule has 2 rings (SSSR count). The summed E-state index contributed by atoms with van der Waals surface area (Å²) in [5, 5.41) is 4.24. The van der Waals surface area contributed by atoms with Crippen LogP contribution < -0.4 is 5.73 Å². The second-order valence-corrected chi connectivity index (χ2v) is 5.33. The van der Waals surface area contributed by atoms with Crippen molar-refractivity contribution in [3.63, 3.8) is 0 Å². The van der Waals surface area contributed by atoms with E-state index < -0.39 is 0 Å². The lowest BCUT2D eigenvalue weighted by molar-refractivity contribution is -0.0812. The molecule has 0 aliphatic carbocycles. The first-order chi connectivity index (χ1) is 8.65. The van der Waals surface area contributed by atoms with Crippen molar-refractivity contribution >= 4 is 0 Å². The first kappa shape index (κ1) is 13.5. The molecule has 0 spiro atoms. The van der Waals surface area contributed by atoms with Gasteiger partial charge in [-0.3, -0.25) is 4.68 Å². The maximum atomic E-state index is 6.33. The molecule has 1 fully saturated rings. The van der Waals surface area contributed by atoms with Crippen LogP contribution in [0.2, 0.25) is 0 Å². The Kier molecular flexibility index (Phi) is 4.35. The van der Waals surface area contributed by atoms with Crippen LogP contribution in [0.25, 0.3) is 0 Å². The molecule has 102 valence electrons. The minimum absolute atomic E-state index is 0.0161. The first-order valence-electron chi connectivity index (χ1n) is 6.92. The van der Waals surface area contributed by atoms with Gasteiger partial charge in [0.1, 0.15) is 12.2 Å². The van der Waals surface area contributed by atoms with Gasteiger partial charge in [0.2, 0.25) is 0 Å². The lowest BCUT2D eigenvalue weighted by Crippen LogP contribution is -2.51. The Morgan fingerprint density at radius 1 is 1.56 bits per heavy atom. The maximum Gasteiger partial charge on any atom is 0.138 e. The predicted molar refractivity (Wildman–Crippen MR) is 70.2 cm³/mol. The normalized spacial score (nSPS) is 26.2. The molecule has 1 aliphatic rings. The Labute approximate surface area is 109 Å². The van der Waals surface area contributed by atoms with Crippen molar-refractivity contribution in [1.29, 1.82) is 0 Å². The number of hydrogen-bond acceptors (Lipinski definition) is 4. The zero-order valence-corrected chi connectivity index (χ0v) is 11.4. The highest BCUT2D eigenvalue weighted by atomic mass is 16.5. The smallest absolute Gasteiger partial charge is 0.138 e. The van der Waals surface area contributed by atoms with Gasteiger partial charge in [0.05, 0.1) is 5.60 Å². The van der Waals surface area contributed by atoms with E-state index in [4.69, 9.17) is 10.5 Å². The van der Waals surface area contributed by atoms with Gasteiger partial charge in [-0.1, -0.05) is 6.92 Å². The van der Waals surface area contributed by atoms with Gasteiger partial charge >= 0.3 is 0 Å². The van der Waals surface area contributed by atoms with Gasteiger partial charge < -0.3 is 10.5 Å². The topological polar surface area (TPSA) is 66.0 Å². The summed E-state index contributed by atoms with van der Waals surface area (Å²) >= 11 is 0. The van der Waals surface area contributed by atoms with Crippen LogP contribution in [0.1, 0.15) is 45.4 Å². The molecule has 0 amide bonds. The van der Waals surface area contributed by atoms with Crippen molar-refractivity contribution in [2.45, 2.75) is 64.1 Å². The summed E-state index contributed by atoms with van der Waals surface area (Å²) in [5.41, 5.74) is 6.13. The van der Waals surface area contributed by atoms with E-state index in [9.17, 15) is 0 Å². The number of rotatable bonds is 5. The molecule has 0 radical (unpaired) electrons. The molecule has 18 heavy (non-hydrogen) atoms. The molecule has 2 N–H and O–H groups in total. The average Bonchev–Trinajstić information content (AvgIpc) is 2.78. The molecule has 2 unspecified atom stereocenters. The van der Waals surface area contributed by atoms with Crippen molar-refractivity contribution < 1.29 is 4.74 Å². The maximum absolute atomic E-state index is 6.33. The Hall–Kier alpha value is -0.940. The van der Waals surface area contributed by atoms with Crippen molar-refractivity contribution in [2.75, 3.05) is 6.61 Å². The predicted octanol–water partition coefficient (Wildman–Crippen LogP) is 1.52. The number of aryl methyl sites for hydroxylation is 1. The van der Waals surface area contributed by atoms with Crippen molar-refractivity contribution in [1.82, 2.24) is 14.8 Å². The van der Waals surface area contributed by atoms with Gasteiger partial charge in [0.25, 0.3) is 0 Å². The van der Waals surface area contributed by atoms with Crippen LogP contribution in [0.15, 0.2) is 6.33 Å². The third kappa shape index (κ3) is 2.90. The van der Waals surface area contributed by atoms with Crippen LogP contribution in [0.4, 0.5) is 0 Å². The Balaban J connectivity index is 2.01. The molecule has 0 saturated carbocycles. The van der Waals surface area contributed by atoms with Crippen LogP contribution >= 0.6 is 0 Å². The van der Waals surface area contributed by atoms with E-state index in [-0.39, 0.29) is 11.6 Å². The summed E-state index contributed by atoms with van der Waals surface area (Å²) in [6.45, 7) is 5.99. The van der Waals surface area contributed by atoms with Gasteiger partial charge in [-0.25, -0.2) is 4.98 Å².